The van der Waals surface area contributed by atoms with Crippen LogP contribution in [0.5, 0.6) is 0 Å². The molecule has 1 N–H and O–H groups in total. The number of rotatable bonds is 2. The van der Waals surface area contributed by atoms with Gasteiger partial charge in [-0.25, -0.2) is 0 Å². The number of likely N-dealkylation sites (N-methyl/N-ethyl adjacent to an activating group) is 2. The molecule has 0 aromatic rings. The molecule has 0 saturated carbocycles. The summed E-state index contributed by atoms with van der Waals surface area (Å²) in [4.78, 5) is 16.9. The van der Waals surface area contributed by atoms with Crippen LogP contribution in [0.25, 0.3) is 0 Å². The van der Waals surface area contributed by atoms with E-state index in [-0.39, 0.29) is 5.92 Å². The monoisotopic (exact) mass is 253 g/mol. The zero-order chi connectivity index (χ0) is 13.1. The van der Waals surface area contributed by atoms with Crippen molar-refractivity contribution in [1.29, 1.82) is 0 Å². The lowest BCUT2D eigenvalue weighted by atomic mass is 9.91. The Morgan fingerprint density at radius 1 is 1.39 bits per heavy atom. The molecule has 0 aliphatic carbocycles. The Balaban J connectivity index is 1.91. The molecule has 0 bridgehead atoms. The average molecular weight is 253 g/mol. The highest BCUT2D eigenvalue weighted by molar-refractivity contribution is 5.79. The second-order valence-electron chi connectivity index (χ2n) is 6.08. The molecule has 2 aliphatic rings. The first-order valence-electron chi connectivity index (χ1n) is 7.26. The van der Waals surface area contributed by atoms with Gasteiger partial charge in [-0.05, 0) is 52.7 Å². The molecule has 1 unspecified atom stereocenters. The first kappa shape index (κ1) is 13.8. The minimum Gasteiger partial charge on any atom is -0.341 e. The van der Waals surface area contributed by atoms with E-state index in [0.29, 0.717) is 18.0 Å². The summed E-state index contributed by atoms with van der Waals surface area (Å²) in [5, 5.41) is 3.41. The van der Waals surface area contributed by atoms with Crippen LogP contribution in [0.4, 0.5) is 0 Å². The van der Waals surface area contributed by atoms with Crippen LogP contribution in [0, 0.1) is 5.92 Å². The van der Waals surface area contributed by atoms with Crippen LogP contribution < -0.4 is 5.32 Å². The lowest BCUT2D eigenvalue weighted by Gasteiger charge is -2.38. The van der Waals surface area contributed by atoms with E-state index in [0.717, 1.165) is 32.4 Å². The van der Waals surface area contributed by atoms with Crippen molar-refractivity contribution >= 4 is 5.91 Å². The van der Waals surface area contributed by atoms with Crippen molar-refractivity contribution < 1.29 is 4.79 Å². The van der Waals surface area contributed by atoms with E-state index >= 15 is 0 Å². The summed E-state index contributed by atoms with van der Waals surface area (Å²) in [7, 11) is 4.15. The van der Waals surface area contributed by atoms with Gasteiger partial charge in [0.2, 0.25) is 5.91 Å². The molecule has 104 valence electrons. The van der Waals surface area contributed by atoms with E-state index in [2.05, 4.69) is 24.2 Å². The van der Waals surface area contributed by atoms with Gasteiger partial charge in [-0.3, -0.25) is 4.79 Å². The molecule has 0 spiro atoms. The molecule has 2 fully saturated rings. The fourth-order valence-electron chi connectivity index (χ4n) is 3.28. The molecule has 2 saturated heterocycles. The van der Waals surface area contributed by atoms with Crippen LogP contribution in [-0.2, 0) is 4.79 Å². The van der Waals surface area contributed by atoms with E-state index < -0.39 is 0 Å². The number of carbonyl (C=O) groups is 1. The van der Waals surface area contributed by atoms with Crippen molar-refractivity contribution in [2.45, 2.75) is 44.7 Å². The summed E-state index contributed by atoms with van der Waals surface area (Å²) in [5.74, 6) is 0.599. The molecule has 2 aliphatic heterocycles. The van der Waals surface area contributed by atoms with Gasteiger partial charge in [0.15, 0.2) is 0 Å². The third kappa shape index (κ3) is 3.23. The molecule has 4 heteroatoms. The molecule has 2 rings (SSSR count). The van der Waals surface area contributed by atoms with Crippen LogP contribution in [-0.4, -0.2) is 61.5 Å². The van der Waals surface area contributed by atoms with Gasteiger partial charge in [0.1, 0.15) is 0 Å². The summed E-state index contributed by atoms with van der Waals surface area (Å²) in [6, 6.07) is 0.900. The summed E-state index contributed by atoms with van der Waals surface area (Å²) in [6.45, 7) is 5.36. The SMILES string of the molecule is C[C@H]1C[C@@H](C(=O)N(C)C2CCCN(C)C2)CCN1. The second-order valence-corrected chi connectivity index (χ2v) is 6.08. The zero-order valence-electron chi connectivity index (χ0n) is 12.0. The van der Waals surface area contributed by atoms with Crippen LogP contribution in [0.2, 0.25) is 0 Å². The smallest absolute Gasteiger partial charge is 0.225 e. The number of piperidine rings is 2. The Hall–Kier alpha value is -0.610. The highest BCUT2D eigenvalue weighted by Crippen LogP contribution is 2.21. The molecule has 0 aromatic heterocycles. The fraction of sp³-hybridized carbons (Fsp3) is 0.929. The molecule has 0 radical (unpaired) electrons. The van der Waals surface area contributed by atoms with Gasteiger partial charge in [0.05, 0.1) is 0 Å². The third-order valence-electron chi connectivity index (χ3n) is 4.47. The maximum atomic E-state index is 12.5. The lowest BCUT2D eigenvalue weighted by Crippen LogP contribution is -2.50. The number of hydrogen-bond acceptors (Lipinski definition) is 3. The third-order valence-corrected chi connectivity index (χ3v) is 4.47. The Morgan fingerprint density at radius 2 is 2.17 bits per heavy atom. The van der Waals surface area contributed by atoms with Crippen molar-refractivity contribution in [3.8, 4) is 0 Å². The molecule has 18 heavy (non-hydrogen) atoms. The van der Waals surface area contributed by atoms with E-state index in [1.165, 1.54) is 13.0 Å². The van der Waals surface area contributed by atoms with Gasteiger partial charge in [-0.1, -0.05) is 0 Å². The minimum absolute atomic E-state index is 0.235. The summed E-state index contributed by atoms with van der Waals surface area (Å²) >= 11 is 0. The highest BCUT2D eigenvalue weighted by Gasteiger charge is 2.31. The van der Waals surface area contributed by atoms with Crippen LogP contribution in [0.15, 0.2) is 0 Å². The van der Waals surface area contributed by atoms with Gasteiger partial charge in [-0.2, -0.15) is 0 Å². The molecule has 0 aromatic carbocycles. The van der Waals surface area contributed by atoms with Crippen LogP contribution in [0.3, 0.4) is 0 Å². The zero-order valence-corrected chi connectivity index (χ0v) is 12.0. The maximum Gasteiger partial charge on any atom is 0.225 e. The van der Waals surface area contributed by atoms with Crippen molar-refractivity contribution in [2.24, 2.45) is 5.92 Å². The lowest BCUT2D eigenvalue weighted by molar-refractivity contribution is -0.138. The number of likely N-dealkylation sites (tertiary alicyclic amines) is 1. The topological polar surface area (TPSA) is 35.6 Å². The standard InChI is InChI=1S/C14H27N3O/c1-11-9-12(6-7-15-11)14(18)17(3)13-5-4-8-16(2)10-13/h11-13,15H,4-10H2,1-3H3/t11-,12-,13?/m0/s1. The Kier molecular flexibility index (Phi) is 4.62. The molecular weight excluding hydrogens is 226 g/mol. The average Bonchev–Trinajstić information content (AvgIpc) is 2.37. The van der Waals surface area contributed by atoms with E-state index in [1.807, 2.05) is 11.9 Å². The predicted octanol–water partition coefficient (Wildman–Crippen LogP) is 0.927. The maximum absolute atomic E-state index is 12.5. The van der Waals surface area contributed by atoms with Gasteiger partial charge in [-0.15, -0.1) is 0 Å². The minimum atomic E-state index is 0.235. The quantitative estimate of drug-likeness (QED) is 0.795. The molecular formula is C14H27N3O. The predicted molar refractivity (Wildman–Crippen MR) is 73.5 cm³/mol. The largest absolute Gasteiger partial charge is 0.341 e. The summed E-state index contributed by atoms with van der Waals surface area (Å²) in [6.07, 6.45) is 4.36. The molecule has 4 nitrogen and oxygen atoms in total. The van der Waals surface area contributed by atoms with Crippen molar-refractivity contribution in [3.63, 3.8) is 0 Å². The van der Waals surface area contributed by atoms with Crippen molar-refractivity contribution in [1.82, 2.24) is 15.1 Å². The first-order valence-corrected chi connectivity index (χ1v) is 7.26. The molecule has 2 heterocycles. The normalized spacial score (nSPS) is 34.3. The Bertz CT molecular complexity index is 295. The number of nitrogens with zero attached hydrogens (tertiary/aromatic N) is 2. The van der Waals surface area contributed by atoms with Crippen molar-refractivity contribution in [2.75, 3.05) is 33.7 Å². The van der Waals surface area contributed by atoms with Crippen molar-refractivity contribution in [3.05, 3.63) is 0 Å². The summed E-state index contributed by atoms with van der Waals surface area (Å²) < 4.78 is 0. The fourth-order valence-corrected chi connectivity index (χ4v) is 3.28. The number of hydrogen-bond donors (Lipinski definition) is 1. The Labute approximate surface area is 111 Å². The Morgan fingerprint density at radius 3 is 2.83 bits per heavy atom. The van der Waals surface area contributed by atoms with E-state index in [4.69, 9.17) is 0 Å². The number of carbonyl (C=O) groups excluding carboxylic acids is 1. The van der Waals surface area contributed by atoms with Gasteiger partial charge < -0.3 is 15.1 Å². The highest BCUT2D eigenvalue weighted by atomic mass is 16.2. The second kappa shape index (κ2) is 6.02. The van der Waals surface area contributed by atoms with Crippen LogP contribution in [0.1, 0.15) is 32.6 Å². The molecule has 3 atom stereocenters. The van der Waals surface area contributed by atoms with E-state index in [1.54, 1.807) is 0 Å². The number of nitrogens with one attached hydrogen (secondary N) is 1. The van der Waals surface area contributed by atoms with Gasteiger partial charge >= 0.3 is 0 Å². The molecule has 1 amide bonds. The van der Waals surface area contributed by atoms with E-state index in [9.17, 15) is 4.79 Å². The van der Waals surface area contributed by atoms with Gasteiger partial charge in [0.25, 0.3) is 0 Å². The first-order chi connectivity index (χ1) is 8.58. The van der Waals surface area contributed by atoms with Crippen LogP contribution >= 0.6 is 0 Å². The summed E-state index contributed by atoms with van der Waals surface area (Å²) in [5.41, 5.74) is 0. The number of amides is 1. The van der Waals surface area contributed by atoms with Gasteiger partial charge in [0, 0.05) is 31.6 Å².